The van der Waals surface area contributed by atoms with Crippen molar-refractivity contribution >= 4 is 46.9 Å². The number of rotatable bonds is 13. The summed E-state index contributed by atoms with van der Waals surface area (Å²) >= 11 is 1.40. The maximum Gasteiger partial charge on any atom is 0.272 e. The molecule has 1 atom stereocenters. The molecule has 0 fully saturated rings. The topological polar surface area (TPSA) is 106 Å². The van der Waals surface area contributed by atoms with E-state index in [0.29, 0.717) is 40.6 Å². The normalized spacial score (nSPS) is 11.6. The lowest BCUT2D eigenvalue weighted by atomic mass is 10.1. The Labute approximate surface area is 284 Å². The lowest BCUT2D eigenvalue weighted by Crippen LogP contribution is -2.30. The zero-order valence-corrected chi connectivity index (χ0v) is 27.3. The largest absolute Gasteiger partial charge is 0.497 e. The minimum atomic E-state index is -0.490. The molecule has 0 aliphatic rings. The highest BCUT2D eigenvalue weighted by Gasteiger charge is 2.17. The van der Waals surface area contributed by atoms with Crippen LogP contribution in [0.15, 0.2) is 144 Å². The molecule has 9 heteroatoms. The van der Waals surface area contributed by atoms with Crippen LogP contribution in [0.2, 0.25) is 0 Å². The monoisotopic (exact) mass is 657 g/mol. The van der Waals surface area contributed by atoms with Gasteiger partial charge in [-0.15, -0.1) is 11.8 Å². The zero-order chi connectivity index (χ0) is 33.7. The third-order valence-corrected chi connectivity index (χ3v) is 8.23. The summed E-state index contributed by atoms with van der Waals surface area (Å²) < 4.78 is 11.0. The molecule has 5 aromatic carbocycles. The number of carbonyl (C=O) groups excluding carboxylic acids is 3. The summed E-state index contributed by atoms with van der Waals surface area (Å²) in [6.45, 7) is 2.26. The molecule has 242 valence electrons. The third-order valence-electron chi connectivity index (χ3n) is 7.12. The lowest BCUT2D eigenvalue weighted by Gasteiger charge is -2.14. The van der Waals surface area contributed by atoms with Crippen molar-refractivity contribution in [2.24, 2.45) is 0 Å². The predicted octanol–water partition coefficient (Wildman–Crippen LogP) is 7.80. The summed E-state index contributed by atoms with van der Waals surface area (Å²) in [4.78, 5) is 40.1. The molecule has 0 radical (unpaired) electrons. The molecule has 0 aliphatic heterocycles. The van der Waals surface area contributed by atoms with Crippen molar-refractivity contribution in [3.05, 3.63) is 156 Å². The maximum absolute atomic E-state index is 13.5. The van der Waals surface area contributed by atoms with Crippen LogP contribution < -0.4 is 25.4 Å². The van der Waals surface area contributed by atoms with Gasteiger partial charge in [-0.2, -0.15) is 0 Å². The van der Waals surface area contributed by atoms with E-state index >= 15 is 0 Å². The van der Waals surface area contributed by atoms with Gasteiger partial charge in [-0.3, -0.25) is 14.4 Å². The smallest absolute Gasteiger partial charge is 0.272 e. The summed E-state index contributed by atoms with van der Waals surface area (Å²) in [5, 5.41) is 8.17. The zero-order valence-electron chi connectivity index (χ0n) is 26.5. The summed E-state index contributed by atoms with van der Waals surface area (Å²) in [6, 6.07) is 40.1. The summed E-state index contributed by atoms with van der Waals surface area (Å²) in [5.41, 5.74) is 3.47. The van der Waals surface area contributed by atoms with Crippen molar-refractivity contribution < 1.29 is 23.9 Å². The van der Waals surface area contributed by atoms with Gasteiger partial charge in [-0.1, -0.05) is 60.7 Å². The molecule has 5 rings (SSSR count). The molecule has 0 saturated heterocycles. The molecule has 3 amide bonds. The van der Waals surface area contributed by atoms with Gasteiger partial charge in [0.05, 0.1) is 12.4 Å². The number of anilines is 2. The molecule has 8 nitrogen and oxygen atoms in total. The average molecular weight is 658 g/mol. The van der Waals surface area contributed by atoms with E-state index in [4.69, 9.17) is 9.47 Å². The van der Waals surface area contributed by atoms with Crippen LogP contribution in [0.1, 0.15) is 28.4 Å². The molecular formula is C39H35N3O5S. The quantitative estimate of drug-likeness (QED) is 0.0882. The van der Waals surface area contributed by atoms with Gasteiger partial charge in [0.1, 0.15) is 23.8 Å². The molecule has 0 bridgehead atoms. The first-order chi connectivity index (χ1) is 23.4. The minimum Gasteiger partial charge on any atom is -0.497 e. The van der Waals surface area contributed by atoms with Crippen LogP contribution in [0.5, 0.6) is 11.5 Å². The standard InChI is InChI=1S/C39H35N3O5S/c1-27(37(43)40-31-15-21-33(46-2)22-16-31)48-35-23-17-32(18-24-35)41-39(45)36(42-38(44)30-11-7-4-8-12-30)25-28-13-19-34(20-14-28)47-26-29-9-5-3-6-10-29/h3-25,27H,26H2,1-2H3,(H,40,43)(H,41,45)(H,42,44)/b36-25-. The first-order valence-electron chi connectivity index (χ1n) is 15.2. The predicted molar refractivity (Wildman–Crippen MR) is 191 cm³/mol. The Kier molecular flexibility index (Phi) is 11.7. The second-order valence-electron chi connectivity index (χ2n) is 10.7. The Morgan fingerprint density at radius 1 is 0.708 bits per heavy atom. The highest BCUT2D eigenvalue weighted by atomic mass is 32.2. The molecule has 0 aromatic heterocycles. The second-order valence-corrected chi connectivity index (χ2v) is 12.1. The number of amides is 3. The van der Waals surface area contributed by atoms with Crippen molar-refractivity contribution in [2.75, 3.05) is 17.7 Å². The number of benzene rings is 5. The summed E-state index contributed by atoms with van der Waals surface area (Å²) in [5.74, 6) is 0.357. The number of nitrogens with one attached hydrogen (secondary N) is 3. The Balaban J connectivity index is 1.23. The number of hydrogen-bond acceptors (Lipinski definition) is 6. The maximum atomic E-state index is 13.5. The molecule has 1 unspecified atom stereocenters. The van der Waals surface area contributed by atoms with Crippen LogP contribution in [0.4, 0.5) is 11.4 Å². The molecular weight excluding hydrogens is 623 g/mol. The molecule has 0 aliphatic carbocycles. The molecule has 0 spiro atoms. The van der Waals surface area contributed by atoms with E-state index in [9.17, 15) is 14.4 Å². The van der Waals surface area contributed by atoms with Gasteiger partial charge < -0.3 is 25.4 Å². The van der Waals surface area contributed by atoms with Crippen molar-refractivity contribution in [1.82, 2.24) is 5.32 Å². The van der Waals surface area contributed by atoms with Crippen molar-refractivity contribution in [2.45, 2.75) is 23.7 Å². The van der Waals surface area contributed by atoms with E-state index in [1.54, 1.807) is 73.8 Å². The van der Waals surface area contributed by atoms with E-state index in [-0.39, 0.29) is 16.9 Å². The summed E-state index contributed by atoms with van der Waals surface area (Å²) in [6.07, 6.45) is 1.62. The summed E-state index contributed by atoms with van der Waals surface area (Å²) in [7, 11) is 1.59. The number of carbonyl (C=O) groups is 3. The van der Waals surface area contributed by atoms with E-state index < -0.39 is 11.8 Å². The number of hydrogen-bond donors (Lipinski definition) is 3. The van der Waals surface area contributed by atoms with Gasteiger partial charge in [-0.05, 0) is 96.9 Å². The SMILES string of the molecule is COc1ccc(NC(=O)C(C)Sc2ccc(NC(=O)/C(=C/c3ccc(OCc4ccccc4)cc3)NC(=O)c3ccccc3)cc2)cc1. The molecule has 0 heterocycles. The molecule has 3 N–H and O–H groups in total. The van der Waals surface area contributed by atoms with Gasteiger partial charge in [0.25, 0.3) is 11.8 Å². The van der Waals surface area contributed by atoms with Crippen LogP contribution in [0.3, 0.4) is 0 Å². The fourth-order valence-corrected chi connectivity index (χ4v) is 5.37. The number of methoxy groups -OCH3 is 1. The van der Waals surface area contributed by atoms with Crippen LogP contribution >= 0.6 is 11.8 Å². The van der Waals surface area contributed by atoms with E-state index in [1.807, 2.05) is 79.7 Å². The van der Waals surface area contributed by atoms with E-state index in [2.05, 4.69) is 16.0 Å². The van der Waals surface area contributed by atoms with E-state index in [0.717, 1.165) is 10.5 Å². The molecule has 0 saturated carbocycles. The Hall–Kier alpha value is -5.80. The highest BCUT2D eigenvalue weighted by Crippen LogP contribution is 2.26. The highest BCUT2D eigenvalue weighted by molar-refractivity contribution is 8.00. The molecule has 5 aromatic rings. The van der Waals surface area contributed by atoms with Crippen LogP contribution in [-0.2, 0) is 16.2 Å². The Morgan fingerprint density at radius 3 is 1.94 bits per heavy atom. The van der Waals surface area contributed by atoms with Gasteiger partial charge in [0.2, 0.25) is 5.91 Å². The first kappa shape index (κ1) is 33.6. The van der Waals surface area contributed by atoms with E-state index in [1.165, 1.54) is 11.8 Å². The first-order valence-corrected chi connectivity index (χ1v) is 16.1. The van der Waals surface area contributed by atoms with Crippen LogP contribution in [0, 0.1) is 0 Å². The van der Waals surface area contributed by atoms with Crippen LogP contribution in [0.25, 0.3) is 6.08 Å². The Bertz CT molecular complexity index is 1850. The average Bonchev–Trinajstić information content (AvgIpc) is 3.13. The lowest BCUT2D eigenvalue weighted by molar-refractivity contribution is -0.115. The second kappa shape index (κ2) is 16.7. The minimum absolute atomic E-state index is 0.0732. The van der Waals surface area contributed by atoms with Crippen molar-refractivity contribution in [3.63, 3.8) is 0 Å². The van der Waals surface area contributed by atoms with Gasteiger partial charge in [-0.25, -0.2) is 0 Å². The van der Waals surface area contributed by atoms with Gasteiger partial charge in [0, 0.05) is 21.8 Å². The fourth-order valence-electron chi connectivity index (χ4n) is 4.50. The van der Waals surface area contributed by atoms with Crippen molar-refractivity contribution in [1.29, 1.82) is 0 Å². The van der Waals surface area contributed by atoms with Crippen molar-refractivity contribution in [3.8, 4) is 11.5 Å². The Morgan fingerprint density at radius 2 is 1.29 bits per heavy atom. The molecule has 48 heavy (non-hydrogen) atoms. The van der Waals surface area contributed by atoms with Gasteiger partial charge >= 0.3 is 0 Å². The van der Waals surface area contributed by atoms with Crippen LogP contribution in [-0.4, -0.2) is 30.1 Å². The third kappa shape index (κ3) is 9.85. The fraction of sp³-hybridized carbons (Fsp3) is 0.103. The number of thioether (sulfide) groups is 1. The van der Waals surface area contributed by atoms with Gasteiger partial charge in [0.15, 0.2) is 0 Å². The number of ether oxygens (including phenoxy) is 2.